The molecule has 3 rings (SSSR count). The van der Waals surface area contributed by atoms with Gasteiger partial charge >= 0.3 is 0 Å². The van der Waals surface area contributed by atoms with E-state index in [4.69, 9.17) is 9.88 Å². The van der Waals surface area contributed by atoms with E-state index in [0.717, 1.165) is 5.56 Å². The number of amides is 1. The summed E-state index contributed by atoms with van der Waals surface area (Å²) in [5, 5.41) is 5.17. The smallest absolute Gasteiger partial charge is 0.260 e. The van der Waals surface area contributed by atoms with Gasteiger partial charge in [0, 0.05) is 41.8 Å². The van der Waals surface area contributed by atoms with Crippen molar-refractivity contribution in [3.8, 4) is 5.75 Å². The Kier molecular flexibility index (Phi) is 7.92. The standard InChI is InChI=1S/C22H27BrFN3O4S/c1-15-11-27(16(2)10-26(15)12-17-3-6-20(24)7-4-17)22(28)13-31-21-8-5-19(23)9-18(21)14-32(25,29)30/h3-9,15-16H,10-14H2,1-2H3,(H2,25,29,30). The van der Waals surface area contributed by atoms with E-state index in [1.165, 1.54) is 12.1 Å². The van der Waals surface area contributed by atoms with Crippen molar-refractivity contribution in [2.75, 3.05) is 19.7 Å². The first-order valence-corrected chi connectivity index (χ1v) is 12.7. The summed E-state index contributed by atoms with van der Waals surface area (Å²) in [6.07, 6.45) is 0. The predicted molar refractivity (Wildman–Crippen MR) is 124 cm³/mol. The molecule has 1 heterocycles. The van der Waals surface area contributed by atoms with Gasteiger partial charge in [-0.2, -0.15) is 0 Å². The molecule has 174 valence electrons. The highest BCUT2D eigenvalue weighted by Crippen LogP contribution is 2.25. The molecule has 2 aromatic carbocycles. The first kappa shape index (κ1) is 24.6. The van der Waals surface area contributed by atoms with Gasteiger partial charge in [0.15, 0.2) is 6.61 Å². The van der Waals surface area contributed by atoms with Gasteiger partial charge in [-0.1, -0.05) is 28.1 Å². The van der Waals surface area contributed by atoms with Crippen LogP contribution in [0.4, 0.5) is 4.39 Å². The minimum absolute atomic E-state index is 0.0310. The van der Waals surface area contributed by atoms with Crippen molar-refractivity contribution < 1.29 is 22.3 Å². The Bertz CT molecular complexity index is 1070. The van der Waals surface area contributed by atoms with Gasteiger partial charge in [0.25, 0.3) is 5.91 Å². The number of carbonyl (C=O) groups excluding carboxylic acids is 1. The molecule has 2 unspecified atom stereocenters. The molecule has 1 fully saturated rings. The van der Waals surface area contributed by atoms with E-state index in [-0.39, 0.29) is 36.2 Å². The summed E-state index contributed by atoms with van der Waals surface area (Å²) in [6, 6.07) is 11.5. The fraction of sp³-hybridized carbons (Fsp3) is 0.409. The van der Waals surface area contributed by atoms with E-state index in [9.17, 15) is 17.6 Å². The molecule has 7 nitrogen and oxygen atoms in total. The Morgan fingerprint density at radius 2 is 1.84 bits per heavy atom. The summed E-state index contributed by atoms with van der Waals surface area (Å²) >= 11 is 3.30. The number of piperazine rings is 1. The zero-order chi connectivity index (χ0) is 23.5. The van der Waals surface area contributed by atoms with Gasteiger partial charge in [0.1, 0.15) is 11.6 Å². The number of primary sulfonamides is 1. The van der Waals surface area contributed by atoms with Crippen LogP contribution in [0.2, 0.25) is 0 Å². The molecule has 2 N–H and O–H groups in total. The number of ether oxygens (including phenoxy) is 1. The van der Waals surface area contributed by atoms with Crippen LogP contribution in [0.5, 0.6) is 5.75 Å². The third kappa shape index (κ3) is 6.74. The lowest BCUT2D eigenvalue weighted by Gasteiger charge is -2.44. The second kappa shape index (κ2) is 10.3. The van der Waals surface area contributed by atoms with Crippen molar-refractivity contribution in [2.45, 2.75) is 38.2 Å². The maximum Gasteiger partial charge on any atom is 0.260 e. The second-order valence-electron chi connectivity index (χ2n) is 8.15. The molecular weight excluding hydrogens is 501 g/mol. The topological polar surface area (TPSA) is 92.9 Å². The summed E-state index contributed by atoms with van der Waals surface area (Å²) in [5.41, 5.74) is 1.41. The van der Waals surface area contributed by atoms with Gasteiger partial charge in [-0.25, -0.2) is 17.9 Å². The van der Waals surface area contributed by atoms with E-state index >= 15 is 0 Å². The van der Waals surface area contributed by atoms with E-state index in [1.54, 1.807) is 35.2 Å². The summed E-state index contributed by atoms with van der Waals surface area (Å²) in [5.74, 6) is -0.504. The van der Waals surface area contributed by atoms with Gasteiger partial charge in [-0.05, 0) is 49.7 Å². The van der Waals surface area contributed by atoms with Crippen LogP contribution >= 0.6 is 15.9 Å². The normalized spacial score (nSPS) is 19.7. The van der Waals surface area contributed by atoms with E-state index in [0.29, 0.717) is 35.4 Å². The van der Waals surface area contributed by atoms with E-state index in [2.05, 4.69) is 27.8 Å². The molecular formula is C22H27BrFN3O4S. The lowest BCUT2D eigenvalue weighted by atomic mass is 10.1. The quantitative estimate of drug-likeness (QED) is 0.597. The molecule has 2 aromatic rings. The van der Waals surface area contributed by atoms with E-state index < -0.39 is 10.0 Å². The van der Waals surface area contributed by atoms with Crippen molar-refractivity contribution in [3.63, 3.8) is 0 Å². The van der Waals surface area contributed by atoms with E-state index in [1.807, 2.05) is 6.92 Å². The highest BCUT2D eigenvalue weighted by molar-refractivity contribution is 9.10. The van der Waals surface area contributed by atoms with Crippen molar-refractivity contribution >= 4 is 31.9 Å². The SMILES string of the molecule is CC1CN(C(=O)COc2ccc(Br)cc2CS(N)(=O)=O)C(C)CN1Cc1ccc(F)cc1. The Morgan fingerprint density at radius 3 is 2.50 bits per heavy atom. The maximum absolute atomic E-state index is 13.2. The molecule has 10 heteroatoms. The van der Waals surface area contributed by atoms with Gasteiger partial charge in [0.2, 0.25) is 10.0 Å². The van der Waals surface area contributed by atoms with Gasteiger partial charge in [-0.3, -0.25) is 9.69 Å². The summed E-state index contributed by atoms with van der Waals surface area (Å²) in [6.45, 7) is 5.73. The molecule has 0 spiro atoms. The molecule has 1 aliphatic heterocycles. The van der Waals surface area contributed by atoms with Crippen LogP contribution in [0.15, 0.2) is 46.9 Å². The fourth-order valence-electron chi connectivity index (χ4n) is 3.83. The van der Waals surface area contributed by atoms with Crippen LogP contribution in [0.1, 0.15) is 25.0 Å². The van der Waals surface area contributed by atoms with Gasteiger partial charge < -0.3 is 9.64 Å². The first-order valence-electron chi connectivity index (χ1n) is 10.2. The number of hydrogen-bond acceptors (Lipinski definition) is 5. The lowest BCUT2D eigenvalue weighted by Crippen LogP contribution is -2.58. The highest BCUT2D eigenvalue weighted by atomic mass is 79.9. The molecule has 0 saturated carbocycles. The summed E-state index contributed by atoms with van der Waals surface area (Å²) in [7, 11) is -3.75. The van der Waals surface area contributed by atoms with Crippen molar-refractivity contribution in [2.24, 2.45) is 5.14 Å². The van der Waals surface area contributed by atoms with Crippen molar-refractivity contribution in [3.05, 3.63) is 63.9 Å². The monoisotopic (exact) mass is 527 g/mol. The number of nitrogens with two attached hydrogens (primary N) is 1. The number of sulfonamides is 1. The largest absolute Gasteiger partial charge is 0.483 e. The van der Waals surface area contributed by atoms with Gasteiger partial charge in [0.05, 0.1) is 5.75 Å². The molecule has 0 radical (unpaired) electrons. The molecule has 1 saturated heterocycles. The van der Waals surface area contributed by atoms with Crippen molar-refractivity contribution in [1.82, 2.24) is 9.80 Å². The van der Waals surface area contributed by atoms with Gasteiger partial charge in [-0.15, -0.1) is 0 Å². The third-order valence-corrected chi connectivity index (χ3v) is 6.67. The number of nitrogens with zero attached hydrogens (tertiary/aromatic N) is 2. The Morgan fingerprint density at radius 1 is 1.16 bits per heavy atom. The average molecular weight is 528 g/mol. The van der Waals surface area contributed by atoms with Crippen molar-refractivity contribution in [1.29, 1.82) is 0 Å². The first-order chi connectivity index (χ1) is 15.0. The zero-order valence-corrected chi connectivity index (χ0v) is 20.4. The zero-order valence-electron chi connectivity index (χ0n) is 18.0. The third-order valence-electron chi connectivity index (χ3n) is 5.46. The number of hydrogen-bond donors (Lipinski definition) is 1. The van der Waals surface area contributed by atoms with Crippen LogP contribution in [0.25, 0.3) is 0 Å². The molecule has 0 aromatic heterocycles. The fourth-order valence-corrected chi connectivity index (χ4v) is 4.90. The molecule has 2 atom stereocenters. The highest BCUT2D eigenvalue weighted by Gasteiger charge is 2.32. The summed E-state index contributed by atoms with van der Waals surface area (Å²) < 4.78 is 42.6. The Hall–Kier alpha value is -2.01. The minimum atomic E-state index is -3.75. The second-order valence-corrected chi connectivity index (χ2v) is 10.7. The van der Waals surface area contributed by atoms with Crippen LogP contribution in [-0.2, 0) is 27.1 Å². The summed E-state index contributed by atoms with van der Waals surface area (Å²) in [4.78, 5) is 16.9. The molecule has 0 aliphatic carbocycles. The lowest BCUT2D eigenvalue weighted by molar-refractivity contribution is -0.139. The maximum atomic E-state index is 13.2. The predicted octanol–water partition coefficient (Wildman–Crippen LogP) is 2.88. The number of benzene rings is 2. The van der Waals surface area contributed by atoms with Crippen LogP contribution in [-0.4, -0.2) is 55.9 Å². The molecule has 1 aliphatic rings. The Balaban J connectivity index is 1.61. The average Bonchev–Trinajstić information content (AvgIpc) is 2.70. The van der Waals surface area contributed by atoms with Crippen LogP contribution < -0.4 is 9.88 Å². The van der Waals surface area contributed by atoms with Crippen LogP contribution in [0, 0.1) is 5.82 Å². The molecule has 0 bridgehead atoms. The Labute approximate surface area is 196 Å². The number of halogens is 2. The number of carbonyl (C=O) groups is 1. The minimum Gasteiger partial charge on any atom is -0.483 e. The molecule has 1 amide bonds. The molecule has 32 heavy (non-hydrogen) atoms. The number of rotatable bonds is 7. The van der Waals surface area contributed by atoms with Crippen LogP contribution in [0.3, 0.4) is 0 Å².